The molecule has 1 fully saturated rings. The number of phenols is 1. The van der Waals surface area contributed by atoms with E-state index in [9.17, 15) is 5.11 Å². The Morgan fingerprint density at radius 3 is 2.90 bits per heavy atom. The number of nitrogens with zero attached hydrogens (tertiary/aromatic N) is 1. The molecule has 0 bridgehead atoms. The van der Waals surface area contributed by atoms with Crippen LogP contribution in [0.25, 0.3) is 0 Å². The smallest absolute Gasteiger partial charge is 0.119 e. The first-order valence-electron chi connectivity index (χ1n) is 7.75. The van der Waals surface area contributed by atoms with Gasteiger partial charge in [0.1, 0.15) is 5.75 Å². The Morgan fingerprint density at radius 2 is 2.15 bits per heavy atom. The molecule has 1 saturated heterocycles. The van der Waals surface area contributed by atoms with E-state index in [0.717, 1.165) is 12.3 Å². The Kier molecular flexibility index (Phi) is 4.98. The standard InChI is InChI=1S/C17H25NO.ClH/c1-3-9-18-11-12(2)10-15-13-5-4-6-17(19)14(13)7-8-16(15)18;/h4-6,12,15-16,19H,3,7-11H2,1-2H3;1H. The number of piperidine rings is 1. The molecule has 3 unspecified atom stereocenters. The molecule has 20 heavy (non-hydrogen) atoms. The van der Waals surface area contributed by atoms with Crippen molar-refractivity contribution in [1.29, 1.82) is 0 Å². The third kappa shape index (κ3) is 2.68. The maximum atomic E-state index is 10.1. The predicted octanol–water partition coefficient (Wildman–Crippen LogP) is 3.96. The molecular weight excluding hydrogens is 270 g/mol. The van der Waals surface area contributed by atoms with Crippen molar-refractivity contribution >= 4 is 12.4 Å². The van der Waals surface area contributed by atoms with Gasteiger partial charge in [0.05, 0.1) is 0 Å². The van der Waals surface area contributed by atoms with Crippen LogP contribution in [0.15, 0.2) is 18.2 Å². The second-order valence-corrected chi connectivity index (χ2v) is 6.39. The van der Waals surface area contributed by atoms with Crippen LogP contribution < -0.4 is 0 Å². The number of likely N-dealkylation sites (tertiary alicyclic amines) is 1. The molecule has 3 rings (SSSR count). The van der Waals surface area contributed by atoms with Gasteiger partial charge in [-0.15, -0.1) is 12.4 Å². The van der Waals surface area contributed by atoms with E-state index in [4.69, 9.17) is 0 Å². The quantitative estimate of drug-likeness (QED) is 0.892. The molecule has 2 nitrogen and oxygen atoms in total. The van der Waals surface area contributed by atoms with Crippen LogP contribution >= 0.6 is 12.4 Å². The van der Waals surface area contributed by atoms with Gasteiger partial charge in [0.15, 0.2) is 0 Å². The number of rotatable bonds is 2. The van der Waals surface area contributed by atoms with Crippen LogP contribution in [-0.2, 0) is 6.42 Å². The Morgan fingerprint density at radius 1 is 1.35 bits per heavy atom. The van der Waals surface area contributed by atoms with Crippen LogP contribution in [-0.4, -0.2) is 29.1 Å². The summed E-state index contributed by atoms with van der Waals surface area (Å²) in [5, 5.41) is 10.1. The zero-order valence-electron chi connectivity index (χ0n) is 12.5. The molecule has 1 N–H and O–H groups in total. The average Bonchev–Trinajstić information content (AvgIpc) is 2.39. The first-order valence-corrected chi connectivity index (χ1v) is 7.75. The molecule has 3 atom stereocenters. The Bertz CT molecular complexity index is 462. The fraction of sp³-hybridized carbons (Fsp3) is 0.647. The third-order valence-electron chi connectivity index (χ3n) is 4.92. The minimum Gasteiger partial charge on any atom is -0.508 e. The zero-order valence-corrected chi connectivity index (χ0v) is 13.3. The van der Waals surface area contributed by atoms with E-state index in [0.29, 0.717) is 17.7 Å². The van der Waals surface area contributed by atoms with Crippen molar-refractivity contribution in [1.82, 2.24) is 4.90 Å². The summed E-state index contributed by atoms with van der Waals surface area (Å²) < 4.78 is 0. The molecule has 0 saturated carbocycles. The highest BCUT2D eigenvalue weighted by atomic mass is 35.5. The molecule has 1 aromatic rings. The molecule has 0 aromatic heterocycles. The lowest BCUT2D eigenvalue weighted by molar-refractivity contribution is 0.0810. The monoisotopic (exact) mass is 295 g/mol. The fourth-order valence-corrected chi connectivity index (χ4v) is 4.22. The first-order chi connectivity index (χ1) is 9.20. The van der Waals surface area contributed by atoms with E-state index < -0.39 is 0 Å². The van der Waals surface area contributed by atoms with Crippen molar-refractivity contribution in [2.45, 2.75) is 51.5 Å². The topological polar surface area (TPSA) is 23.5 Å². The van der Waals surface area contributed by atoms with Gasteiger partial charge in [-0.25, -0.2) is 0 Å². The molecule has 1 heterocycles. The largest absolute Gasteiger partial charge is 0.508 e. The number of benzene rings is 1. The second-order valence-electron chi connectivity index (χ2n) is 6.39. The Hall–Kier alpha value is -0.730. The summed E-state index contributed by atoms with van der Waals surface area (Å²) in [6.07, 6.45) is 4.77. The number of hydrogen-bond donors (Lipinski definition) is 1. The van der Waals surface area contributed by atoms with Crippen molar-refractivity contribution in [2.24, 2.45) is 5.92 Å². The molecule has 0 radical (unpaired) electrons. The normalized spacial score (nSPS) is 29.2. The van der Waals surface area contributed by atoms with Crippen LogP contribution in [0.3, 0.4) is 0 Å². The summed E-state index contributed by atoms with van der Waals surface area (Å²) in [4.78, 5) is 2.70. The van der Waals surface area contributed by atoms with Gasteiger partial charge in [0.25, 0.3) is 0 Å². The molecule has 3 heteroatoms. The number of hydrogen-bond acceptors (Lipinski definition) is 2. The summed E-state index contributed by atoms with van der Waals surface area (Å²) in [6, 6.07) is 6.80. The Labute approximate surface area is 128 Å². The highest BCUT2D eigenvalue weighted by Crippen LogP contribution is 2.44. The van der Waals surface area contributed by atoms with E-state index in [1.807, 2.05) is 12.1 Å². The van der Waals surface area contributed by atoms with E-state index in [2.05, 4.69) is 24.8 Å². The average molecular weight is 296 g/mol. The number of phenolic OH excluding ortho intramolecular Hbond substituents is 1. The van der Waals surface area contributed by atoms with E-state index in [1.165, 1.54) is 43.5 Å². The van der Waals surface area contributed by atoms with Crippen LogP contribution in [0.5, 0.6) is 5.75 Å². The minimum atomic E-state index is 0. The van der Waals surface area contributed by atoms with Crippen molar-refractivity contribution in [3.63, 3.8) is 0 Å². The molecule has 0 spiro atoms. The molecular formula is C17H26ClNO. The fourth-order valence-electron chi connectivity index (χ4n) is 4.22. The summed E-state index contributed by atoms with van der Waals surface area (Å²) in [5.74, 6) is 1.91. The van der Waals surface area contributed by atoms with Crippen LogP contribution in [0.2, 0.25) is 0 Å². The van der Waals surface area contributed by atoms with Gasteiger partial charge in [-0.2, -0.15) is 0 Å². The lowest BCUT2D eigenvalue weighted by Gasteiger charge is -2.47. The maximum absolute atomic E-state index is 10.1. The van der Waals surface area contributed by atoms with Gasteiger partial charge < -0.3 is 5.11 Å². The molecule has 1 aliphatic carbocycles. The lowest BCUT2D eigenvalue weighted by atomic mass is 9.72. The SMILES string of the molecule is CCCN1CC(C)CC2c3cccc(O)c3CCC21.Cl. The summed E-state index contributed by atoms with van der Waals surface area (Å²) in [6.45, 7) is 7.12. The van der Waals surface area contributed by atoms with Crippen molar-refractivity contribution < 1.29 is 5.11 Å². The molecule has 112 valence electrons. The zero-order chi connectivity index (χ0) is 13.4. The highest BCUT2D eigenvalue weighted by Gasteiger charge is 2.38. The van der Waals surface area contributed by atoms with Crippen LogP contribution in [0.1, 0.15) is 50.2 Å². The molecule has 1 aliphatic heterocycles. The van der Waals surface area contributed by atoms with E-state index >= 15 is 0 Å². The summed E-state index contributed by atoms with van der Waals surface area (Å²) >= 11 is 0. The molecule has 1 aromatic carbocycles. The van der Waals surface area contributed by atoms with Gasteiger partial charge in [0, 0.05) is 18.5 Å². The van der Waals surface area contributed by atoms with Gasteiger partial charge in [-0.05, 0) is 55.3 Å². The second kappa shape index (κ2) is 6.36. The number of aromatic hydroxyl groups is 1. The van der Waals surface area contributed by atoms with Crippen molar-refractivity contribution in [3.05, 3.63) is 29.3 Å². The van der Waals surface area contributed by atoms with Gasteiger partial charge in [-0.1, -0.05) is 26.0 Å². The number of halogens is 1. The minimum absolute atomic E-state index is 0. The van der Waals surface area contributed by atoms with Gasteiger partial charge >= 0.3 is 0 Å². The summed E-state index contributed by atoms with van der Waals surface area (Å²) in [7, 11) is 0. The van der Waals surface area contributed by atoms with Crippen LogP contribution in [0.4, 0.5) is 0 Å². The predicted molar refractivity (Wildman–Crippen MR) is 85.8 cm³/mol. The lowest BCUT2D eigenvalue weighted by Crippen LogP contribution is -2.49. The van der Waals surface area contributed by atoms with Crippen LogP contribution in [0, 0.1) is 5.92 Å². The van der Waals surface area contributed by atoms with Crippen molar-refractivity contribution in [3.8, 4) is 5.75 Å². The van der Waals surface area contributed by atoms with Crippen molar-refractivity contribution in [2.75, 3.05) is 13.1 Å². The highest BCUT2D eigenvalue weighted by molar-refractivity contribution is 5.85. The Balaban J connectivity index is 0.00000147. The first kappa shape index (κ1) is 15.7. The molecule has 0 amide bonds. The third-order valence-corrected chi connectivity index (χ3v) is 4.92. The summed E-state index contributed by atoms with van der Waals surface area (Å²) in [5.41, 5.74) is 2.64. The molecule has 2 aliphatic rings. The van der Waals surface area contributed by atoms with Gasteiger partial charge in [0.2, 0.25) is 0 Å². The van der Waals surface area contributed by atoms with Gasteiger partial charge in [-0.3, -0.25) is 4.90 Å². The maximum Gasteiger partial charge on any atom is 0.119 e. The van der Waals surface area contributed by atoms with E-state index in [1.54, 1.807) is 0 Å². The number of fused-ring (bicyclic) bond motifs is 3. The van der Waals surface area contributed by atoms with E-state index in [-0.39, 0.29) is 12.4 Å².